The summed E-state index contributed by atoms with van der Waals surface area (Å²) in [4.78, 5) is 14.5. The number of hydrazine groups is 1. The number of carbonyl (C=O) groups is 1. The highest BCUT2D eigenvalue weighted by molar-refractivity contribution is 5.96. The van der Waals surface area contributed by atoms with E-state index >= 15 is 0 Å². The number of nitrogens with zero attached hydrogens (tertiary/aromatic N) is 1. The van der Waals surface area contributed by atoms with Crippen LogP contribution in [-0.4, -0.2) is 23.4 Å². The van der Waals surface area contributed by atoms with E-state index in [0.29, 0.717) is 12.0 Å². The van der Waals surface area contributed by atoms with E-state index in [9.17, 15) is 4.79 Å². The van der Waals surface area contributed by atoms with Gasteiger partial charge in [-0.2, -0.15) is 0 Å². The topological polar surface area (TPSA) is 58.4 Å². The minimum absolute atomic E-state index is 0.132. The molecule has 0 spiro atoms. The third-order valence-corrected chi connectivity index (χ3v) is 3.67. The molecule has 1 aliphatic heterocycles. The highest BCUT2D eigenvalue weighted by atomic mass is 16.2. The number of hydrogen-bond donors (Lipinski definition) is 2. The summed E-state index contributed by atoms with van der Waals surface area (Å²) in [5.41, 5.74) is 5.15. The Bertz CT molecular complexity index is 458. The Balaban J connectivity index is 2.24. The highest BCUT2D eigenvalue weighted by Gasteiger charge is 2.30. The second kappa shape index (κ2) is 4.98. The van der Waals surface area contributed by atoms with Gasteiger partial charge in [-0.25, -0.2) is 0 Å². The lowest BCUT2D eigenvalue weighted by Crippen LogP contribution is -2.34. The van der Waals surface area contributed by atoms with Gasteiger partial charge >= 0.3 is 0 Å². The molecule has 3 N–H and O–H groups in total. The molecule has 2 atom stereocenters. The number of aryl methyl sites for hydroxylation is 1. The molecule has 98 valence electrons. The van der Waals surface area contributed by atoms with Crippen molar-refractivity contribution in [1.29, 1.82) is 0 Å². The summed E-state index contributed by atoms with van der Waals surface area (Å²) in [5, 5.41) is 0. The van der Waals surface area contributed by atoms with Crippen molar-refractivity contribution in [1.82, 2.24) is 4.90 Å². The molecule has 2 unspecified atom stereocenters. The molecular weight excluding hydrogens is 226 g/mol. The Kier molecular flexibility index (Phi) is 3.57. The lowest BCUT2D eigenvalue weighted by atomic mass is 10.1. The minimum atomic E-state index is 0.132. The van der Waals surface area contributed by atoms with Crippen LogP contribution >= 0.6 is 0 Å². The van der Waals surface area contributed by atoms with Gasteiger partial charge in [-0.3, -0.25) is 10.6 Å². The SMILES string of the molecule is Cc1cc(NN)ccc1C(=O)N1CC(C)CC1C. The van der Waals surface area contributed by atoms with Crippen molar-refractivity contribution in [2.24, 2.45) is 11.8 Å². The molecule has 0 bridgehead atoms. The summed E-state index contributed by atoms with van der Waals surface area (Å²) < 4.78 is 0. The summed E-state index contributed by atoms with van der Waals surface area (Å²) >= 11 is 0. The molecule has 1 aromatic rings. The molecule has 4 heteroatoms. The van der Waals surface area contributed by atoms with Crippen LogP contribution in [0.2, 0.25) is 0 Å². The van der Waals surface area contributed by atoms with Crippen molar-refractivity contribution in [2.75, 3.05) is 12.0 Å². The molecule has 0 radical (unpaired) electrons. The maximum Gasteiger partial charge on any atom is 0.254 e. The molecule has 1 aliphatic rings. The van der Waals surface area contributed by atoms with Crippen LogP contribution in [-0.2, 0) is 0 Å². The number of benzene rings is 1. The molecular formula is C14H21N3O. The van der Waals surface area contributed by atoms with Crippen molar-refractivity contribution >= 4 is 11.6 Å². The number of nitrogens with one attached hydrogen (secondary N) is 1. The smallest absolute Gasteiger partial charge is 0.254 e. The maximum atomic E-state index is 12.5. The fourth-order valence-electron chi connectivity index (χ4n) is 2.73. The summed E-state index contributed by atoms with van der Waals surface area (Å²) in [6.45, 7) is 7.11. The van der Waals surface area contributed by atoms with Gasteiger partial charge in [0, 0.05) is 23.8 Å². The summed E-state index contributed by atoms with van der Waals surface area (Å²) in [6, 6.07) is 5.92. The molecule has 0 aliphatic carbocycles. The molecule has 0 saturated carbocycles. The molecule has 0 aromatic heterocycles. The van der Waals surface area contributed by atoms with E-state index in [1.807, 2.05) is 30.0 Å². The summed E-state index contributed by atoms with van der Waals surface area (Å²) in [5.74, 6) is 6.09. The molecule has 1 amide bonds. The average Bonchev–Trinajstić information content (AvgIpc) is 2.67. The van der Waals surface area contributed by atoms with Crippen LogP contribution in [0.15, 0.2) is 18.2 Å². The van der Waals surface area contributed by atoms with E-state index in [4.69, 9.17) is 5.84 Å². The zero-order valence-corrected chi connectivity index (χ0v) is 11.2. The summed E-state index contributed by atoms with van der Waals surface area (Å²) in [6.07, 6.45) is 1.09. The molecule has 1 heterocycles. The Morgan fingerprint density at radius 1 is 1.44 bits per heavy atom. The van der Waals surface area contributed by atoms with Gasteiger partial charge in [0.1, 0.15) is 0 Å². The lowest BCUT2D eigenvalue weighted by molar-refractivity contribution is 0.0743. The quantitative estimate of drug-likeness (QED) is 0.622. The zero-order chi connectivity index (χ0) is 13.3. The van der Waals surface area contributed by atoms with Gasteiger partial charge in [0.25, 0.3) is 5.91 Å². The monoisotopic (exact) mass is 247 g/mol. The van der Waals surface area contributed by atoms with E-state index in [1.165, 1.54) is 0 Å². The lowest BCUT2D eigenvalue weighted by Gasteiger charge is -2.22. The van der Waals surface area contributed by atoms with Crippen molar-refractivity contribution in [3.05, 3.63) is 29.3 Å². The Morgan fingerprint density at radius 2 is 2.17 bits per heavy atom. The number of anilines is 1. The third-order valence-electron chi connectivity index (χ3n) is 3.67. The predicted molar refractivity (Wildman–Crippen MR) is 73.3 cm³/mol. The fraction of sp³-hybridized carbons (Fsp3) is 0.500. The van der Waals surface area contributed by atoms with Gasteiger partial charge in [-0.1, -0.05) is 6.92 Å². The van der Waals surface area contributed by atoms with Crippen molar-refractivity contribution < 1.29 is 4.79 Å². The van der Waals surface area contributed by atoms with Crippen LogP contribution in [0.4, 0.5) is 5.69 Å². The number of hydrogen-bond acceptors (Lipinski definition) is 3. The Hall–Kier alpha value is -1.55. The fourth-order valence-corrected chi connectivity index (χ4v) is 2.73. The van der Waals surface area contributed by atoms with Crippen molar-refractivity contribution in [3.63, 3.8) is 0 Å². The van der Waals surface area contributed by atoms with Gasteiger partial charge in [0.05, 0.1) is 0 Å². The number of carbonyl (C=O) groups excluding carboxylic acids is 1. The normalized spacial score (nSPS) is 23.2. The van der Waals surface area contributed by atoms with Crippen LogP contribution < -0.4 is 11.3 Å². The number of nitrogens with two attached hydrogens (primary N) is 1. The highest BCUT2D eigenvalue weighted by Crippen LogP contribution is 2.25. The number of rotatable bonds is 2. The van der Waals surface area contributed by atoms with Gasteiger partial charge in [0.15, 0.2) is 0 Å². The van der Waals surface area contributed by atoms with Gasteiger partial charge in [-0.15, -0.1) is 0 Å². The first-order chi connectivity index (χ1) is 8.52. The molecule has 18 heavy (non-hydrogen) atoms. The second-order valence-corrected chi connectivity index (χ2v) is 5.32. The van der Waals surface area contributed by atoms with Gasteiger partial charge < -0.3 is 10.3 Å². The van der Waals surface area contributed by atoms with Crippen LogP contribution in [0.25, 0.3) is 0 Å². The second-order valence-electron chi connectivity index (χ2n) is 5.32. The molecule has 1 fully saturated rings. The van der Waals surface area contributed by atoms with Gasteiger partial charge in [-0.05, 0) is 49.9 Å². The Morgan fingerprint density at radius 3 is 2.67 bits per heavy atom. The number of nitrogen functional groups attached to an aromatic ring is 1. The molecule has 4 nitrogen and oxygen atoms in total. The van der Waals surface area contributed by atoms with Crippen LogP contribution in [0.3, 0.4) is 0 Å². The van der Waals surface area contributed by atoms with Gasteiger partial charge in [0.2, 0.25) is 0 Å². The average molecular weight is 247 g/mol. The first-order valence-corrected chi connectivity index (χ1v) is 6.41. The van der Waals surface area contributed by atoms with Crippen molar-refractivity contribution in [2.45, 2.75) is 33.2 Å². The van der Waals surface area contributed by atoms with Crippen LogP contribution in [0.5, 0.6) is 0 Å². The largest absolute Gasteiger partial charge is 0.336 e. The van der Waals surface area contributed by atoms with Crippen LogP contribution in [0.1, 0.15) is 36.2 Å². The minimum Gasteiger partial charge on any atom is -0.336 e. The number of likely N-dealkylation sites (tertiary alicyclic amines) is 1. The van der Waals surface area contributed by atoms with Crippen LogP contribution in [0, 0.1) is 12.8 Å². The van der Waals surface area contributed by atoms with E-state index in [2.05, 4.69) is 19.3 Å². The zero-order valence-electron chi connectivity index (χ0n) is 11.2. The van der Waals surface area contributed by atoms with E-state index in [0.717, 1.165) is 29.8 Å². The predicted octanol–water partition coefficient (Wildman–Crippen LogP) is 2.15. The maximum absolute atomic E-state index is 12.5. The first kappa shape index (κ1) is 12.9. The first-order valence-electron chi connectivity index (χ1n) is 6.41. The number of amides is 1. The van der Waals surface area contributed by atoms with E-state index < -0.39 is 0 Å². The molecule has 2 rings (SSSR count). The van der Waals surface area contributed by atoms with E-state index in [1.54, 1.807) is 0 Å². The third kappa shape index (κ3) is 2.34. The van der Waals surface area contributed by atoms with Crippen molar-refractivity contribution in [3.8, 4) is 0 Å². The Labute approximate surface area is 108 Å². The standard InChI is InChI=1S/C14H21N3O/c1-9-6-11(3)17(8-9)14(18)13-5-4-12(16-15)7-10(13)2/h4-5,7,9,11,16H,6,8,15H2,1-3H3. The molecule has 1 saturated heterocycles. The van der Waals surface area contributed by atoms with E-state index in [-0.39, 0.29) is 5.91 Å². The summed E-state index contributed by atoms with van der Waals surface area (Å²) in [7, 11) is 0. The molecule has 1 aromatic carbocycles.